The Bertz CT molecular complexity index is 676. The summed E-state index contributed by atoms with van der Waals surface area (Å²) < 4.78 is 0. The summed E-state index contributed by atoms with van der Waals surface area (Å²) in [6, 6.07) is 6.62. The molecule has 1 aliphatic rings. The van der Waals surface area contributed by atoms with Crippen molar-refractivity contribution in [3.05, 3.63) is 46.8 Å². The first-order chi connectivity index (χ1) is 9.74. The SMILES string of the molecule is O=C(NN=Cc1cccc(O)c1)c1n[nH]c2c1CCC2. The minimum Gasteiger partial charge on any atom is -0.508 e. The summed E-state index contributed by atoms with van der Waals surface area (Å²) in [5.74, 6) is -0.161. The minimum absolute atomic E-state index is 0.158. The molecule has 1 heterocycles. The number of carbonyl (C=O) groups excluding carboxylic acids is 1. The van der Waals surface area contributed by atoms with Gasteiger partial charge in [0, 0.05) is 11.3 Å². The van der Waals surface area contributed by atoms with Crippen molar-refractivity contribution in [3.63, 3.8) is 0 Å². The predicted octanol–water partition coefficient (Wildman–Crippen LogP) is 1.37. The van der Waals surface area contributed by atoms with Gasteiger partial charge in [-0.2, -0.15) is 10.2 Å². The van der Waals surface area contributed by atoms with Crippen molar-refractivity contribution < 1.29 is 9.90 Å². The lowest BCUT2D eigenvalue weighted by Crippen LogP contribution is -2.19. The highest BCUT2D eigenvalue weighted by Gasteiger charge is 2.22. The fourth-order valence-electron chi connectivity index (χ4n) is 2.33. The highest BCUT2D eigenvalue weighted by atomic mass is 16.3. The number of nitrogens with one attached hydrogen (secondary N) is 2. The maximum absolute atomic E-state index is 12.0. The number of nitrogens with zero attached hydrogens (tertiary/aromatic N) is 2. The van der Waals surface area contributed by atoms with Crippen molar-refractivity contribution >= 4 is 12.1 Å². The molecule has 2 aromatic rings. The van der Waals surface area contributed by atoms with Crippen molar-refractivity contribution in [1.82, 2.24) is 15.6 Å². The number of aromatic amines is 1. The molecule has 3 N–H and O–H groups in total. The smallest absolute Gasteiger partial charge is 0.292 e. The van der Waals surface area contributed by atoms with E-state index in [-0.39, 0.29) is 11.7 Å². The van der Waals surface area contributed by atoms with Gasteiger partial charge in [0.15, 0.2) is 5.69 Å². The van der Waals surface area contributed by atoms with Crippen molar-refractivity contribution in [2.75, 3.05) is 0 Å². The predicted molar refractivity (Wildman–Crippen MR) is 73.8 cm³/mol. The molecule has 1 aromatic heterocycles. The van der Waals surface area contributed by atoms with Crippen LogP contribution >= 0.6 is 0 Å². The molecule has 0 saturated heterocycles. The number of hydrazone groups is 1. The minimum atomic E-state index is -0.319. The van der Waals surface area contributed by atoms with Gasteiger partial charge >= 0.3 is 0 Å². The van der Waals surface area contributed by atoms with Crippen LogP contribution < -0.4 is 5.43 Å². The second-order valence-corrected chi connectivity index (χ2v) is 4.68. The summed E-state index contributed by atoms with van der Waals surface area (Å²) in [6.45, 7) is 0. The fourth-order valence-corrected chi connectivity index (χ4v) is 2.33. The zero-order chi connectivity index (χ0) is 13.9. The molecule has 0 radical (unpaired) electrons. The topological polar surface area (TPSA) is 90.4 Å². The first-order valence-corrected chi connectivity index (χ1v) is 6.42. The van der Waals surface area contributed by atoms with Gasteiger partial charge in [0.25, 0.3) is 5.91 Å². The number of aryl methyl sites for hydroxylation is 1. The van der Waals surface area contributed by atoms with E-state index in [0.29, 0.717) is 11.3 Å². The highest BCUT2D eigenvalue weighted by molar-refractivity contribution is 5.94. The number of carbonyl (C=O) groups is 1. The van der Waals surface area contributed by atoms with E-state index in [1.165, 1.54) is 6.21 Å². The van der Waals surface area contributed by atoms with Crippen molar-refractivity contribution in [1.29, 1.82) is 0 Å². The van der Waals surface area contributed by atoms with Crippen LogP contribution in [0.2, 0.25) is 0 Å². The Hall–Kier alpha value is -2.63. The molecule has 1 amide bonds. The van der Waals surface area contributed by atoms with Crippen LogP contribution in [0.3, 0.4) is 0 Å². The molecule has 6 nitrogen and oxygen atoms in total. The van der Waals surface area contributed by atoms with E-state index in [4.69, 9.17) is 0 Å². The van der Waals surface area contributed by atoms with Crippen LogP contribution in [-0.4, -0.2) is 27.4 Å². The van der Waals surface area contributed by atoms with E-state index >= 15 is 0 Å². The number of benzene rings is 1. The number of H-pyrrole nitrogens is 1. The van der Waals surface area contributed by atoms with Gasteiger partial charge in [0.05, 0.1) is 6.21 Å². The summed E-state index contributed by atoms with van der Waals surface area (Å²) in [6.07, 6.45) is 4.36. The number of fused-ring (bicyclic) bond motifs is 1. The maximum atomic E-state index is 12.0. The van der Waals surface area contributed by atoms with Crippen LogP contribution in [0.5, 0.6) is 5.75 Å². The molecule has 1 aromatic carbocycles. The van der Waals surface area contributed by atoms with E-state index in [1.807, 2.05) is 0 Å². The number of aromatic hydroxyl groups is 1. The molecule has 0 atom stereocenters. The molecule has 0 saturated carbocycles. The number of phenolic OH excluding ortho intramolecular Hbond substituents is 1. The average molecular weight is 270 g/mol. The highest BCUT2D eigenvalue weighted by Crippen LogP contribution is 2.22. The largest absolute Gasteiger partial charge is 0.508 e. The molecular weight excluding hydrogens is 256 g/mol. The summed E-state index contributed by atoms with van der Waals surface area (Å²) >= 11 is 0. The zero-order valence-electron chi connectivity index (χ0n) is 10.8. The number of hydrogen-bond donors (Lipinski definition) is 3. The Labute approximate surface area is 115 Å². The lowest BCUT2D eigenvalue weighted by Gasteiger charge is -1.98. The number of phenols is 1. The quantitative estimate of drug-likeness (QED) is 0.581. The number of amides is 1. The summed E-state index contributed by atoms with van der Waals surface area (Å²) in [5.41, 5.74) is 5.62. The van der Waals surface area contributed by atoms with E-state index in [2.05, 4.69) is 20.7 Å². The molecule has 20 heavy (non-hydrogen) atoms. The van der Waals surface area contributed by atoms with Gasteiger partial charge in [-0.05, 0) is 37.0 Å². The van der Waals surface area contributed by atoms with Crippen LogP contribution in [0.4, 0.5) is 0 Å². The van der Waals surface area contributed by atoms with E-state index in [1.54, 1.807) is 24.3 Å². The molecule has 0 fully saturated rings. The molecule has 0 aliphatic heterocycles. The summed E-state index contributed by atoms with van der Waals surface area (Å²) in [5, 5.41) is 20.1. The molecular formula is C14H14N4O2. The number of rotatable bonds is 3. The molecule has 6 heteroatoms. The molecule has 0 bridgehead atoms. The monoisotopic (exact) mass is 270 g/mol. The Kier molecular flexibility index (Phi) is 3.20. The van der Waals surface area contributed by atoms with Gasteiger partial charge < -0.3 is 5.11 Å². The van der Waals surface area contributed by atoms with Crippen molar-refractivity contribution in [2.24, 2.45) is 5.10 Å². The Morgan fingerprint density at radius 3 is 3.20 bits per heavy atom. The Balaban J connectivity index is 1.67. The van der Waals surface area contributed by atoms with Crippen LogP contribution in [0.15, 0.2) is 29.4 Å². The number of aromatic nitrogens is 2. The first kappa shape index (κ1) is 12.4. The Morgan fingerprint density at radius 2 is 2.35 bits per heavy atom. The fraction of sp³-hybridized carbons (Fsp3) is 0.214. The maximum Gasteiger partial charge on any atom is 0.292 e. The molecule has 3 rings (SSSR count). The molecule has 102 valence electrons. The lowest BCUT2D eigenvalue weighted by atomic mass is 10.2. The molecule has 0 unspecified atom stereocenters. The van der Waals surface area contributed by atoms with Gasteiger partial charge in [-0.1, -0.05) is 12.1 Å². The second kappa shape index (κ2) is 5.16. The third-order valence-corrected chi connectivity index (χ3v) is 3.27. The van der Waals surface area contributed by atoms with E-state index in [9.17, 15) is 9.90 Å². The summed E-state index contributed by atoms with van der Waals surface area (Å²) in [7, 11) is 0. The molecule has 1 aliphatic carbocycles. The van der Waals surface area contributed by atoms with E-state index in [0.717, 1.165) is 30.5 Å². The van der Waals surface area contributed by atoms with E-state index < -0.39 is 0 Å². The average Bonchev–Trinajstić information content (AvgIpc) is 3.00. The van der Waals surface area contributed by atoms with Gasteiger partial charge in [0.1, 0.15) is 5.75 Å². The van der Waals surface area contributed by atoms with Crippen LogP contribution in [0.25, 0.3) is 0 Å². The molecule has 0 spiro atoms. The Morgan fingerprint density at radius 1 is 1.45 bits per heavy atom. The first-order valence-electron chi connectivity index (χ1n) is 6.42. The van der Waals surface area contributed by atoms with Gasteiger partial charge in [0.2, 0.25) is 0 Å². The zero-order valence-corrected chi connectivity index (χ0v) is 10.8. The van der Waals surface area contributed by atoms with Crippen molar-refractivity contribution in [2.45, 2.75) is 19.3 Å². The van der Waals surface area contributed by atoms with Crippen LogP contribution in [0.1, 0.15) is 33.7 Å². The third-order valence-electron chi connectivity index (χ3n) is 3.27. The normalized spacial score (nSPS) is 13.6. The third kappa shape index (κ3) is 2.40. The summed E-state index contributed by atoms with van der Waals surface area (Å²) in [4.78, 5) is 12.0. The standard InChI is InChI=1S/C14H14N4O2/c19-10-4-1-3-9(7-10)8-15-18-14(20)13-11-5-2-6-12(11)16-17-13/h1,3-4,7-8,19H,2,5-6H2,(H,16,17)(H,18,20). The lowest BCUT2D eigenvalue weighted by molar-refractivity contribution is 0.0949. The van der Waals surface area contributed by atoms with Gasteiger partial charge in [-0.15, -0.1) is 0 Å². The van der Waals surface area contributed by atoms with Crippen LogP contribution in [-0.2, 0) is 12.8 Å². The number of hydrogen-bond acceptors (Lipinski definition) is 4. The van der Waals surface area contributed by atoms with Gasteiger partial charge in [-0.3, -0.25) is 9.89 Å². The van der Waals surface area contributed by atoms with Crippen molar-refractivity contribution in [3.8, 4) is 5.75 Å². The van der Waals surface area contributed by atoms with Gasteiger partial charge in [-0.25, -0.2) is 5.43 Å². The second-order valence-electron chi connectivity index (χ2n) is 4.68. The van der Waals surface area contributed by atoms with Crippen LogP contribution in [0, 0.1) is 0 Å².